The summed E-state index contributed by atoms with van der Waals surface area (Å²) in [6, 6.07) is 8.04. The number of nitrogens with one attached hydrogen (secondary N) is 1. The fraction of sp³-hybridized carbons (Fsp3) is 0.476. The summed E-state index contributed by atoms with van der Waals surface area (Å²) in [5, 5.41) is 3.08. The molecule has 2 heterocycles. The molecule has 2 amide bonds. The molecule has 1 aliphatic heterocycles. The van der Waals surface area contributed by atoms with E-state index in [9.17, 15) is 4.79 Å². The highest BCUT2D eigenvalue weighted by Crippen LogP contribution is 2.21. The minimum absolute atomic E-state index is 0.0335. The number of piperazine rings is 1. The molecule has 6 heteroatoms. The lowest BCUT2D eigenvalue weighted by molar-refractivity contribution is 0.208. The fourth-order valence-corrected chi connectivity index (χ4v) is 3.33. The van der Waals surface area contributed by atoms with E-state index in [2.05, 4.69) is 29.0 Å². The second kappa shape index (κ2) is 7.94. The van der Waals surface area contributed by atoms with Crippen LogP contribution in [-0.2, 0) is 0 Å². The first-order valence-corrected chi connectivity index (χ1v) is 9.58. The van der Waals surface area contributed by atoms with Crippen LogP contribution in [0.15, 0.2) is 24.3 Å². The van der Waals surface area contributed by atoms with Crippen molar-refractivity contribution in [3.63, 3.8) is 0 Å². The molecule has 1 aromatic heterocycles. The second-order valence-corrected chi connectivity index (χ2v) is 7.55. The van der Waals surface area contributed by atoms with Gasteiger partial charge >= 0.3 is 6.03 Å². The van der Waals surface area contributed by atoms with E-state index in [1.165, 1.54) is 0 Å². The van der Waals surface area contributed by atoms with Crippen molar-refractivity contribution in [1.29, 1.82) is 0 Å². The fourth-order valence-electron chi connectivity index (χ4n) is 3.33. The maximum atomic E-state index is 12.7. The highest BCUT2D eigenvalue weighted by atomic mass is 16.2. The van der Waals surface area contributed by atoms with Crippen LogP contribution in [-0.4, -0.2) is 47.1 Å². The Kier molecular flexibility index (Phi) is 5.63. The van der Waals surface area contributed by atoms with Crippen LogP contribution in [0.4, 0.5) is 16.3 Å². The molecule has 27 heavy (non-hydrogen) atoms. The number of anilines is 2. The molecule has 0 aliphatic carbocycles. The minimum atomic E-state index is -0.0335. The molecule has 3 rings (SSSR count). The summed E-state index contributed by atoms with van der Waals surface area (Å²) in [6.45, 7) is 13.2. The first kappa shape index (κ1) is 19.1. The van der Waals surface area contributed by atoms with Crippen LogP contribution in [0.3, 0.4) is 0 Å². The summed E-state index contributed by atoms with van der Waals surface area (Å²) in [7, 11) is 0. The summed E-state index contributed by atoms with van der Waals surface area (Å²) in [4.78, 5) is 26.0. The molecule has 0 saturated carbocycles. The molecule has 0 atom stereocenters. The Morgan fingerprint density at radius 2 is 1.67 bits per heavy atom. The van der Waals surface area contributed by atoms with Crippen molar-refractivity contribution >= 4 is 17.5 Å². The van der Waals surface area contributed by atoms with E-state index in [1.54, 1.807) is 0 Å². The Morgan fingerprint density at radius 3 is 2.26 bits per heavy atom. The average Bonchev–Trinajstić information content (AvgIpc) is 2.64. The third kappa shape index (κ3) is 4.38. The third-order valence-electron chi connectivity index (χ3n) is 4.98. The van der Waals surface area contributed by atoms with Crippen LogP contribution < -0.4 is 10.2 Å². The number of aromatic nitrogens is 2. The zero-order valence-corrected chi connectivity index (χ0v) is 16.9. The van der Waals surface area contributed by atoms with Crippen molar-refractivity contribution in [2.75, 3.05) is 36.4 Å². The molecule has 0 spiro atoms. The number of amides is 2. The van der Waals surface area contributed by atoms with Crippen LogP contribution in [0.25, 0.3) is 0 Å². The molecule has 144 valence electrons. The highest BCUT2D eigenvalue weighted by Gasteiger charge is 2.23. The molecule has 6 nitrogen and oxygen atoms in total. The van der Waals surface area contributed by atoms with Crippen molar-refractivity contribution < 1.29 is 4.79 Å². The van der Waals surface area contributed by atoms with Gasteiger partial charge in [-0.15, -0.1) is 0 Å². The smallest absolute Gasteiger partial charge is 0.321 e. The first-order chi connectivity index (χ1) is 12.8. The number of carbonyl (C=O) groups excluding carboxylic acids is 1. The van der Waals surface area contributed by atoms with E-state index < -0.39 is 0 Å². The molecule has 1 N–H and O–H groups in total. The zero-order chi connectivity index (χ0) is 19.6. The monoisotopic (exact) mass is 367 g/mol. The van der Waals surface area contributed by atoms with E-state index in [4.69, 9.17) is 4.98 Å². The average molecular weight is 367 g/mol. The summed E-state index contributed by atoms with van der Waals surface area (Å²) in [5.41, 5.74) is 4.07. The van der Waals surface area contributed by atoms with E-state index in [0.717, 1.165) is 47.2 Å². The van der Waals surface area contributed by atoms with Gasteiger partial charge in [-0.25, -0.2) is 14.8 Å². The number of hydrogen-bond donors (Lipinski definition) is 1. The van der Waals surface area contributed by atoms with Gasteiger partial charge in [0.2, 0.25) is 0 Å². The third-order valence-corrected chi connectivity index (χ3v) is 4.98. The van der Waals surface area contributed by atoms with Gasteiger partial charge in [0.05, 0.1) is 0 Å². The van der Waals surface area contributed by atoms with E-state index >= 15 is 0 Å². The van der Waals surface area contributed by atoms with Gasteiger partial charge in [-0.05, 0) is 31.9 Å². The first-order valence-electron chi connectivity index (χ1n) is 9.58. The predicted molar refractivity (Wildman–Crippen MR) is 110 cm³/mol. The number of rotatable bonds is 3. The van der Waals surface area contributed by atoms with Crippen molar-refractivity contribution in [3.05, 3.63) is 46.9 Å². The Morgan fingerprint density at radius 1 is 1.04 bits per heavy atom. The summed E-state index contributed by atoms with van der Waals surface area (Å²) in [6.07, 6.45) is 0. The number of aryl methyl sites for hydroxylation is 3. The molecule has 1 saturated heterocycles. The Hall–Kier alpha value is -2.63. The lowest BCUT2D eigenvalue weighted by atomic mass is 10.1. The van der Waals surface area contributed by atoms with Crippen LogP contribution in [0.5, 0.6) is 0 Å². The normalized spacial score (nSPS) is 14.6. The van der Waals surface area contributed by atoms with Crippen molar-refractivity contribution in [2.45, 2.75) is 40.5 Å². The number of nitrogens with zero attached hydrogens (tertiary/aromatic N) is 4. The molecule has 1 aromatic carbocycles. The number of hydrogen-bond acceptors (Lipinski definition) is 4. The van der Waals surface area contributed by atoms with Gasteiger partial charge < -0.3 is 15.1 Å². The number of carbonyl (C=O) groups is 1. The van der Waals surface area contributed by atoms with Gasteiger partial charge in [0.25, 0.3) is 0 Å². The molecule has 2 aromatic rings. The SMILES string of the molecule is Cc1cc(N2CCN(C(=O)Nc3c(C)cccc3C)CC2)nc(C(C)C)n1. The molecule has 0 radical (unpaired) electrons. The van der Waals surface area contributed by atoms with Gasteiger partial charge in [0.1, 0.15) is 11.6 Å². The summed E-state index contributed by atoms with van der Waals surface area (Å²) >= 11 is 0. The Labute approximate surface area is 161 Å². The topological polar surface area (TPSA) is 61.4 Å². The van der Waals surface area contributed by atoms with E-state index in [0.29, 0.717) is 19.0 Å². The molecule has 1 fully saturated rings. The number of para-hydroxylation sites is 1. The van der Waals surface area contributed by atoms with E-state index in [-0.39, 0.29) is 6.03 Å². The Bertz CT molecular complexity index is 805. The number of benzene rings is 1. The predicted octanol–water partition coefficient (Wildman–Crippen LogP) is 3.88. The maximum absolute atomic E-state index is 12.7. The molecular weight excluding hydrogens is 338 g/mol. The zero-order valence-electron chi connectivity index (χ0n) is 16.9. The van der Waals surface area contributed by atoms with Gasteiger partial charge in [-0.2, -0.15) is 0 Å². The van der Waals surface area contributed by atoms with Crippen LogP contribution in [0.1, 0.15) is 42.4 Å². The van der Waals surface area contributed by atoms with Gasteiger partial charge in [0.15, 0.2) is 0 Å². The van der Waals surface area contributed by atoms with Crippen LogP contribution >= 0.6 is 0 Å². The quantitative estimate of drug-likeness (QED) is 0.894. The van der Waals surface area contributed by atoms with Crippen molar-refractivity contribution in [3.8, 4) is 0 Å². The Balaban J connectivity index is 1.64. The highest BCUT2D eigenvalue weighted by molar-refractivity contribution is 5.91. The summed E-state index contributed by atoms with van der Waals surface area (Å²) in [5.74, 6) is 2.13. The molecule has 1 aliphatic rings. The van der Waals surface area contributed by atoms with Gasteiger partial charge in [-0.1, -0.05) is 32.0 Å². The van der Waals surface area contributed by atoms with Crippen LogP contribution in [0.2, 0.25) is 0 Å². The second-order valence-electron chi connectivity index (χ2n) is 7.55. The standard InChI is InChI=1S/C21H29N5O/c1-14(2)20-22-17(5)13-18(23-20)25-9-11-26(12-10-25)21(27)24-19-15(3)7-6-8-16(19)4/h6-8,13-14H,9-12H2,1-5H3,(H,24,27). The van der Waals surface area contributed by atoms with Gasteiger partial charge in [-0.3, -0.25) is 0 Å². The van der Waals surface area contributed by atoms with Crippen LogP contribution in [0, 0.1) is 20.8 Å². The number of urea groups is 1. The summed E-state index contributed by atoms with van der Waals surface area (Å²) < 4.78 is 0. The lowest BCUT2D eigenvalue weighted by Crippen LogP contribution is -2.50. The van der Waals surface area contributed by atoms with Crippen molar-refractivity contribution in [1.82, 2.24) is 14.9 Å². The van der Waals surface area contributed by atoms with Crippen molar-refractivity contribution in [2.24, 2.45) is 0 Å². The molecular formula is C21H29N5O. The molecule has 0 unspecified atom stereocenters. The minimum Gasteiger partial charge on any atom is -0.353 e. The maximum Gasteiger partial charge on any atom is 0.321 e. The lowest BCUT2D eigenvalue weighted by Gasteiger charge is -2.35. The van der Waals surface area contributed by atoms with Gasteiger partial charge in [0, 0.05) is 49.5 Å². The largest absolute Gasteiger partial charge is 0.353 e. The van der Waals surface area contributed by atoms with E-state index in [1.807, 2.05) is 49.9 Å². The molecule has 0 bridgehead atoms.